The van der Waals surface area contributed by atoms with E-state index in [-0.39, 0.29) is 0 Å². The summed E-state index contributed by atoms with van der Waals surface area (Å²) in [6.07, 6.45) is 1.56. The molecule has 1 heterocycles. The molecule has 1 atom stereocenters. The maximum absolute atomic E-state index is 10.4. The van der Waals surface area contributed by atoms with Gasteiger partial charge in [-0.15, -0.1) is 0 Å². The molecule has 18 heavy (non-hydrogen) atoms. The molecule has 0 aliphatic heterocycles. The minimum atomic E-state index is -0.598. The second kappa shape index (κ2) is 5.40. The van der Waals surface area contributed by atoms with Crippen LogP contribution in [0.1, 0.15) is 47.7 Å². The summed E-state index contributed by atoms with van der Waals surface area (Å²) in [6.45, 7) is 5.95. The lowest BCUT2D eigenvalue weighted by Gasteiger charge is -2.11. The minimum absolute atomic E-state index is 0.598. The van der Waals surface area contributed by atoms with Crippen LogP contribution in [-0.2, 0) is 6.42 Å². The number of benzene rings is 1. The smallest absolute Gasteiger partial charge is 0.107 e. The van der Waals surface area contributed by atoms with Crippen molar-refractivity contribution in [2.75, 3.05) is 0 Å². The molecular weight excluding hydrogens is 224 g/mol. The Kier molecular flexibility index (Phi) is 3.87. The normalized spacial score (nSPS) is 12.7. The van der Waals surface area contributed by atoms with Gasteiger partial charge in [-0.2, -0.15) is 0 Å². The summed E-state index contributed by atoms with van der Waals surface area (Å²) in [5, 5.41) is 10.4. The molecule has 0 aliphatic rings. The highest BCUT2D eigenvalue weighted by Gasteiger charge is 2.16. The van der Waals surface area contributed by atoms with E-state index < -0.39 is 6.10 Å². The number of rotatable bonds is 4. The molecule has 96 valence electrons. The molecule has 0 spiro atoms. The number of furan rings is 1. The van der Waals surface area contributed by atoms with Crippen LogP contribution in [0.3, 0.4) is 0 Å². The Labute approximate surface area is 108 Å². The van der Waals surface area contributed by atoms with Crippen molar-refractivity contribution < 1.29 is 9.52 Å². The average molecular weight is 244 g/mol. The summed E-state index contributed by atoms with van der Waals surface area (Å²) in [5.74, 6) is 1.63. The Morgan fingerprint density at radius 1 is 1.22 bits per heavy atom. The van der Waals surface area contributed by atoms with Crippen molar-refractivity contribution in [2.24, 2.45) is 0 Å². The SMILES string of the molecule is CCCc1cccc(C(O)c2cc(C)oc2C)c1. The fraction of sp³-hybridized carbons (Fsp3) is 0.375. The molecule has 0 saturated carbocycles. The van der Waals surface area contributed by atoms with Gasteiger partial charge in [0.1, 0.15) is 17.6 Å². The van der Waals surface area contributed by atoms with Gasteiger partial charge in [-0.25, -0.2) is 0 Å². The van der Waals surface area contributed by atoms with Gasteiger partial charge in [0.05, 0.1) is 0 Å². The first kappa shape index (κ1) is 12.9. The summed E-state index contributed by atoms with van der Waals surface area (Å²) in [6, 6.07) is 10.1. The van der Waals surface area contributed by atoms with Gasteiger partial charge in [-0.3, -0.25) is 0 Å². The molecule has 0 aliphatic carbocycles. The highest BCUT2D eigenvalue weighted by atomic mass is 16.3. The van der Waals surface area contributed by atoms with Gasteiger partial charge in [0.25, 0.3) is 0 Å². The minimum Gasteiger partial charge on any atom is -0.466 e. The lowest BCUT2D eigenvalue weighted by molar-refractivity contribution is 0.218. The van der Waals surface area contributed by atoms with Gasteiger partial charge in [0, 0.05) is 5.56 Å². The molecule has 0 saturated heterocycles. The number of aliphatic hydroxyl groups excluding tert-OH is 1. The van der Waals surface area contributed by atoms with Crippen molar-refractivity contribution in [2.45, 2.75) is 39.7 Å². The van der Waals surface area contributed by atoms with Crippen LogP contribution in [-0.4, -0.2) is 5.11 Å². The van der Waals surface area contributed by atoms with Gasteiger partial charge >= 0.3 is 0 Å². The van der Waals surface area contributed by atoms with E-state index >= 15 is 0 Å². The summed E-state index contributed by atoms with van der Waals surface area (Å²) in [4.78, 5) is 0. The fourth-order valence-electron chi connectivity index (χ4n) is 2.31. The van der Waals surface area contributed by atoms with E-state index in [0.717, 1.165) is 35.5 Å². The quantitative estimate of drug-likeness (QED) is 0.884. The topological polar surface area (TPSA) is 33.4 Å². The van der Waals surface area contributed by atoms with Crippen molar-refractivity contribution in [1.82, 2.24) is 0 Å². The number of hydrogen-bond acceptors (Lipinski definition) is 2. The van der Waals surface area contributed by atoms with Crippen LogP contribution in [0.4, 0.5) is 0 Å². The highest BCUT2D eigenvalue weighted by molar-refractivity contribution is 5.34. The molecule has 2 rings (SSSR count). The first-order valence-electron chi connectivity index (χ1n) is 6.45. The molecule has 2 nitrogen and oxygen atoms in total. The third kappa shape index (κ3) is 2.65. The Morgan fingerprint density at radius 3 is 2.61 bits per heavy atom. The third-order valence-electron chi connectivity index (χ3n) is 3.18. The van der Waals surface area contributed by atoms with Crippen LogP contribution < -0.4 is 0 Å². The molecule has 1 unspecified atom stereocenters. The number of aliphatic hydroxyl groups is 1. The van der Waals surface area contributed by atoms with Crippen LogP contribution in [0.2, 0.25) is 0 Å². The Hall–Kier alpha value is -1.54. The van der Waals surface area contributed by atoms with Gasteiger partial charge in [-0.05, 0) is 37.5 Å². The van der Waals surface area contributed by atoms with Gasteiger partial charge in [0.15, 0.2) is 0 Å². The van der Waals surface area contributed by atoms with Crippen molar-refractivity contribution in [3.05, 3.63) is 58.5 Å². The lowest BCUT2D eigenvalue weighted by Crippen LogP contribution is -2.00. The Morgan fingerprint density at radius 2 is 2.00 bits per heavy atom. The number of hydrogen-bond donors (Lipinski definition) is 1. The van der Waals surface area contributed by atoms with Crippen LogP contribution >= 0.6 is 0 Å². The molecule has 1 aromatic heterocycles. The molecule has 1 aromatic carbocycles. The molecule has 2 heteroatoms. The van der Waals surface area contributed by atoms with Crippen molar-refractivity contribution in [3.63, 3.8) is 0 Å². The summed E-state index contributed by atoms with van der Waals surface area (Å²) >= 11 is 0. The van der Waals surface area contributed by atoms with E-state index in [1.807, 2.05) is 32.0 Å². The van der Waals surface area contributed by atoms with E-state index in [0.29, 0.717) is 0 Å². The summed E-state index contributed by atoms with van der Waals surface area (Å²) in [5.41, 5.74) is 3.07. The summed E-state index contributed by atoms with van der Waals surface area (Å²) < 4.78 is 5.47. The second-order valence-corrected chi connectivity index (χ2v) is 4.77. The van der Waals surface area contributed by atoms with Crippen molar-refractivity contribution in [3.8, 4) is 0 Å². The molecule has 0 bridgehead atoms. The van der Waals surface area contributed by atoms with Gasteiger partial charge in [0.2, 0.25) is 0 Å². The first-order chi connectivity index (χ1) is 8.61. The van der Waals surface area contributed by atoms with Crippen LogP contribution in [0.5, 0.6) is 0 Å². The maximum atomic E-state index is 10.4. The fourth-order valence-corrected chi connectivity index (χ4v) is 2.31. The summed E-state index contributed by atoms with van der Waals surface area (Å²) in [7, 11) is 0. The van der Waals surface area contributed by atoms with Crippen LogP contribution in [0.25, 0.3) is 0 Å². The average Bonchev–Trinajstić information content (AvgIpc) is 2.68. The molecule has 1 N–H and O–H groups in total. The van der Waals surface area contributed by atoms with E-state index in [2.05, 4.69) is 19.1 Å². The highest BCUT2D eigenvalue weighted by Crippen LogP contribution is 2.27. The van der Waals surface area contributed by atoms with Gasteiger partial charge in [-0.1, -0.05) is 37.6 Å². The predicted octanol–water partition coefficient (Wildman–Crippen LogP) is 3.93. The molecule has 0 amide bonds. The van der Waals surface area contributed by atoms with Crippen LogP contribution in [0, 0.1) is 13.8 Å². The largest absolute Gasteiger partial charge is 0.466 e. The molecule has 2 aromatic rings. The maximum Gasteiger partial charge on any atom is 0.107 e. The lowest BCUT2D eigenvalue weighted by atomic mass is 9.98. The van der Waals surface area contributed by atoms with Crippen molar-refractivity contribution >= 4 is 0 Å². The Bertz CT molecular complexity index is 526. The zero-order chi connectivity index (χ0) is 13.1. The van der Waals surface area contributed by atoms with Crippen LogP contribution in [0.15, 0.2) is 34.7 Å². The zero-order valence-electron chi connectivity index (χ0n) is 11.2. The molecular formula is C16H20O2. The predicted molar refractivity (Wildman–Crippen MR) is 72.7 cm³/mol. The standard InChI is InChI=1S/C16H20O2/c1-4-6-13-7-5-8-14(10-13)16(17)15-9-11(2)18-12(15)3/h5,7-10,16-17H,4,6H2,1-3H3. The molecule has 0 radical (unpaired) electrons. The number of aryl methyl sites for hydroxylation is 3. The Balaban J connectivity index is 2.30. The monoisotopic (exact) mass is 244 g/mol. The van der Waals surface area contributed by atoms with E-state index in [1.54, 1.807) is 0 Å². The third-order valence-corrected chi connectivity index (χ3v) is 3.18. The first-order valence-corrected chi connectivity index (χ1v) is 6.45. The van der Waals surface area contributed by atoms with E-state index in [9.17, 15) is 5.11 Å². The molecule has 0 fully saturated rings. The van der Waals surface area contributed by atoms with Crippen molar-refractivity contribution in [1.29, 1.82) is 0 Å². The second-order valence-electron chi connectivity index (χ2n) is 4.77. The van der Waals surface area contributed by atoms with E-state index in [1.165, 1.54) is 5.56 Å². The van der Waals surface area contributed by atoms with E-state index in [4.69, 9.17) is 4.42 Å². The van der Waals surface area contributed by atoms with Gasteiger partial charge < -0.3 is 9.52 Å². The zero-order valence-corrected chi connectivity index (χ0v) is 11.2.